The summed E-state index contributed by atoms with van der Waals surface area (Å²) in [6.07, 6.45) is 1.58. The molecule has 2 rings (SSSR count). The van der Waals surface area contributed by atoms with E-state index >= 15 is 0 Å². The third kappa shape index (κ3) is 2.91. The van der Waals surface area contributed by atoms with Crippen molar-refractivity contribution in [1.82, 2.24) is 25.2 Å². The molecule has 0 aromatic carbocycles. The van der Waals surface area contributed by atoms with E-state index in [-0.39, 0.29) is 0 Å². The minimum Gasteiger partial charge on any atom is -0.361 e. The Balaban J connectivity index is 1.88. The van der Waals surface area contributed by atoms with Crippen molar-refractivity contribution in [2.45, 2.75) is 39.9 Å². The van der Waals surface area contributed by atoms with E-state index in [0.29, 0.717) is 19.1 Å². The number of hydrogen-bond donors (Lipinski definition) is 1. The van der Waals surface area contributed by atoms with Crippen LogP contribution in [0.25, 0.3) is 0 Å². The molecule has 6 nitrogen and oxygen atoms in total. The van der Waals surface area contributed by atoms with E-state index in [1.165, 1.54) is 0 Å². The first kappa shape index (κ1) is 11.8. The molecule has 17 heavy (non-hydrogen) atoms. The second-order valence-corrected chi connectivity index (χ2v) is 4.25. The highest BCUT2D eigenvalue weighted by molar-refractivity contribution is 5.03. The topological polar surface area (TPSA) is 68.8 Å². The van der Waals surface area contributed by atoms with Crippen molar-refractivity contribution in [2.75, 3.05) is 0 Å². The van der Waals surface area contributed by atoms with Crippen molar-refractivity contribution < 1.29 is 4.52 Å². The molecule has 2 aromatic rings. The van der Waals surface area contributed by atoms with Crippen molar-refractivity contribution in [2.24, 2.45) is 0 Å². The Morgan fingerprint density at radius 2 is 2.24 bits per heavy atom. The highest BCUT2D eigenvalue weighted by Gasteiger charge is 2.07. The number of aryl methyl sites for hydroxylation is 1. The predicted octanol–water partition coefficient (Wildman–Crippen LogP) is 1.45. The number of rotatable bonds is 5. The summed E-state index contributed by atoms with van der Waals surface area (Å²) in [6, 6.07) is 2.24. The molecule has 2 heterocycles. The lowest BCUT2D eigenvalue weighted by atomic mass is 10.3. The van der Waals surface area contributed by atoms with E-state index in [9.17, 15) is 0 Å². The first-order valence-electron chi connectivity index (χ1n) is 5.68. The van der Waals surface area contributed by atoms with Crippen molar-refractivity contribution in [3.8, 4) is 0 Å². The zero-order valence-corrected chi connectivity index (χ0v) is 10.3. The molecule has 0 radical (unpaired) electrons. The van der Waals surface area contributed by atoms with Crippen LogP contribution in [-0.4, -0.2) is 19.9 Å². The molecule has 0 fully saturated rings. The molecule has 0 saturated carbocycles. The first-order valence-corrected chi connectivity index (χ1v) is 5.68. The van der Waals surface area contributed by atoms with Gasteiger partial charge in [0, 0.05) is 18.7 Å². The van der Waals surface area contributed by atoms with E-state index in [4.69, 9.17) is 4.52 Å². The van der Waals surface area contributed by atoms with Gasteiger partial charge in [-0.05, 0) is 20.8 Å². The zero-order valence-electron chi connectivity index (χ0n) is 10.3. The SMILES string of the molecule is Cc1cc(CNCc2ncnn2C(C)C)no1. The maximum atomic E-state index is 4.99. The zero-order chi connectivity index (χ0) is 12.3. The normalized spacial score (nSPS) is 11.3. The standard InChI is InChI=1S/C11H17N5O/c1-8(2)16-11(13-7-14-16)6-12-5-10-4-9(3)17-15-10/h4,7-8,12H,5-6H2,1-3H3. The fourth-order valence-electron chi connectivity index (χ4n) is 1.64. The molecule has 0 atom stereocenters. The summed E-state index contributed by atoms with van der Waals surface area (Å²) in [5.41, 5.74) is 0.901. The van der Waals surface area contributed by atoms with Crippen LogP contribution < -0.4 is 5.32 Å². The monoisotopic (exact) mass is 235 g/mol. The van der Waals surface area contributed by atoms with Gasteiger partial charge < -0.3 is 9.84 Å². The van der Waals surface area contributed by atoms with Gasteiger partial charge in [0.2, 0.25) is 0 Å². The van der Waals surface area contributed by atoms with Gasteiger partial charge in [0.05, 0.1) is 12.2 Å². The quantitative estimate of drug-likeness (QED) is 0.849. The lowest BCUT2D eigenvalue weighted by molar-refractivity contribution is 0.387. The van der Waals surface area contributed by atoms with Crippen molar-refractivity contribution in [1.29, 1.82) is 0 Å². The number of nitrogens with zero attached hydrogens (tertiary/aromatic N) is 4. The van der Waals surface area contributed by atoms with Crippen LogP contribution in [0.1, 0.15) is 37.2 Å². The lowest BCUT2D eigenvalue weighted by Crippen LogP contribution is -2.18. The maximum Gasteiger partial charge on any atom is 0.141 e. The molecule has 0 spiro atoms. The summed E-state index contributed by atoms with van der Waals surface area (Å²) in [6.45, 7) is 7.39. The third-order valence-corrected chi connectivity index (χ3v) is 2.40. The summed E-state index contributed by atoms with van der Waals surface area (Å²) in [5, 5.41) is 11.4. The van der Waals surface area contributed by atoms with Crippen LogP contribution in [0.3, 0.4) is 0 Å². The van der Waals surface area contributed by atoms with Gasteiger partial charge in [0.1, 0.15) is 17.9 Å². The Morgan fingerprint density at radius 3 is 2.88 bits per heavy atom. The van der Waals surface area contributed by atoms with Gasteiger partial charge in [-0.15, -0.1) is 0 Å². The van der Waals surface area contributed by atoms with Gasteiger partial charge in [-0.1, -0.05) is 5.16 Å². The third-order valence-electron chi connectivity index (χ3n) is 2.40. The van der Waals surface area contributed by atoms with Crippen LogP contribution in [0.2, 0.25) is 0 Å². The van der Waals surface area contributed by atoms with Crippen LogP contribution >= 0.6 is 0 Å². The molecule has 2 aromatic heterocycles. The van der Waals surface area contributed by atoms with Crippen molar-refractivity contribution in [3.05, 3.63) is 29.7 Å². The second-order valence-electron chi connectivity index (χ2n) is 4.25. The lowest BCUT2D eigenvalue weighted by Gasteiger charge is -2.09. The molecule has 0 unspecified atom stereocenters. The molecule has 92 valence electrons. The molecular formula is C11H17N5O. The van der Waals surface area contributed by atoms with Crippen molar-refractivity contribution in [3.63, 3.8) is 0 Å². The number of nitrogens with one attached hydrogen (secondary N) is 1. The first-order chi connectivity index (χ1) is 8.16. The van der Waals surface area contributed by atoms with Crippen LogP contribution in [0, 0.1) is 6.92 Å². The van der Waals surface area contributed by atoms with Gasteiger partial charge in [-0.3, -0.25) is 0 Å². The minimum absolute atomic E-state index is 0.323. The molecule has 0 aliphatic heterocycles. The average Bonchev–Trinajstić information content (AvgIpc) is 2.87. The highest BCUT2D eigenvalue weighted by Crippen LogP contribution is 2.05. The van der Waals surface area contributed by atoms with Crippen LogP contribution in [0.5, 0.6) is 0 Å². The van der Waals surface area contributed by atoms with E-state index in [0.717, 1.165) is 17.3 Å². The van der Waals surface area contributed by atoms with E-state index in [2.05, 4.69) is 34.4 Å². The van der Waals surface area contributed by atoms with Gasteiger partial charge in [-0.2, -0.15) is 5.10 Å². The van der Waals surface area contributed by atoms with Gasteiger partial charge in [-0.25, -0.2) is 9.67 Å². The average molecular weight is 235 g/mol. The van der Waals surface area contributed by atoms with E-state index < -0.39 is 0 Å². The van der Waals surface area contributed by atoms with Crippen LogP contribution in [0.15, 0.2) is 16.9 Å². The van der Waals surface area contributed by atoms with Gasteiger partial charge in [0.15, 0.2) is 0 Å². The van der Waals surface area contributed by atoms with Gasteiger partial charge in [0.25, 0.3) is 0 Å². The predicted molar refractivity (Wildman–Crippen MR) is 62.2 cm³/mol. The molecule has 0 amide bonds. The fraction of sp³-hybridized carbons (Fsp3) is 0.545. The molecule has 1 N–H and O–H groups in total. The Morgan fingerprint density at radius 1 is 1.41 bits per heavy atom. The van der Waals surface area contributed by atoms with E-state index in [1.807, 2.05) is 17.7 Å². The smallest absolute Gasteiger partial charge is 0.141 e. The summed E-state index contributed by atoms with van der Waals surface area (Å²) in [7, 11) is 0. The summed E-state index contributed by atoms with van der Waals surface area (Å²) >= 11 is 0. The van der Waals surface area contributed by atoms with E-state index in [1.54, 1.807) is 6.33 Å². The molecule has 0 saturated heterocycles. The molecule has 0 aliphatic rings. The Kier molecular flexibility index (Phi) is 3.53. The molecular weight excluding hydrogens is 218 g/mol. The van der Waals surface area contributed by atoms with Gasteiger partial charge >= 0.3 is 0 Å². The fourth-order valence-corrected chi connectivity index (χ4v) is 1.64. The highest BCUT2D eigenvalue weighted by atomic mass is 16.5. The summed E-state index contributed by atoms with van der Waals surface area (Å²) in [4.78, 5) is 4.22. The maximum absolute atomic E-state index is 4.99. The second kappa shape index (κ2) is 5.09. The minimum atomic E-state index is 0.323. The van der Waals surface area contributed by atoms with Crippen LogP contribution in [-0.2, 0) is 13.1 Å². The Labute approximate surface area is 100 Å². The summed E-state index contributed by atoms with van der Waals surface area (Å²) < 4.78 is 6.89. The Hall–Kier alpha value is -1.69. The van der Waals surface area contributed by atoms with Crippen molar-refractivity contribution >= 4 is 0 Å². The largest absolute Gasteiger partial charge is 0.361 e. The number of aromatic nitrogens is 4. The molecule has 0 bridgehead atoms. The van der Waals surface area contributed by atoms with Crippen LogP contribution in [0.4, 0.5) is 0 Å². The molecule has 6 heteroatoms. The summed E-state index contributed by atoms with van der Waals surface area (Å²) in [5.74, 6) is 1.76. The number of hydrogen-bond acceptors (Lipinski definition) is 5. The molecule has 0 aliphatic carbocycles. The Bertz CT molecular complexity index is 474.